The molecule has 2 aromatic rings. The highest BCUT2D eigenvalue weighted by atomic mass is 35.5. The molecule has 1 amide bonds. The topological polar surface area (TPSA) is 85.1 Å². The highest BCUT2D eigenvalue weighted by Gasteiger charge is 2.18. The molecule has 7 heteroatoms. The lowest BCUT2D eigenvalue weighted by Crippen LogP contribution is -2.15. The van der Waals surface area contributed by atoms with Crippen molar-refractivity contribution in [2.24, 2.45) is 0 Å². The van der Waals surface area contributed by atoms with Gasteiger partial charge in [0, 0.05) is 11.8 Å². The number of aromatic nitrogens is 1. The van der Waals surface area contributed by atoms with Gasteiger partial charge in [0.05, 0.1) is 10.5 Å². The Bertz CT molecular complexity index is 711. The van der Waals surface area contributed by atoms with Crippen LogP contribution >= 0.6 is 11.6 Å². The molecule has 0 saturated heterocycles. The lowest BCUT2D eigenvalue weighted by molar-refractivity contribution is -0.385. The van der Waals surface area contributed by atoms with Gasteiger partial charge in [-0.05, 0) is 25.0 Å². The lowest BCUT2D eigenvalue weighted by atomic mass is 10.1. The molecule has 0 spiro atoms. The number of nitrogens with one attached hydrogen (secondary N) is 1. The zero-order valence-electron chi connectivity index (χ0n) is 11.4. The molecule has 0 aliphatic rings. The molecule has 1 N–H and O–H groups in total. The van der Waals surface area contributed by atoms with E-state index in [1.807, 2.05) is 32.0 Å². The van der Waals surface area contributed by atoms with Gasteiger partial charge in [0.1, 0.15) is 11.3 Å². The molecule has 6 nitrogen and oxygen atoms in total. The number of amides is 1. The van der Waals surface area contributed by atoms with E-state index in [9.17, 15) is 14.9 Å². The van der Waals surface area contributed by atoms with Crippen molar-refractivity contribution in [3.8, 4) is 0 Å². The largest absolute Gasteiger partial charge is 0.321 e. The summed E-state index contributed by atoms with van der Waals surface area (Å²) in [5, 5.41) is 13.4. The van der Waals surface area contributed by atoms with Crippen molar-refractivity contribution in [1.29, 1.82) is 0 Å². The number of pyridine rings is 1. The molecule has 1 aromatic carbocycles. The summed E-state index contributed by atoms with van der Waals surface area (Å²) in [5.74, 6) is -0.534. The summed E-state index contributed by atoms with van der Waals surface area (Å²) in [5.41, 5.74) is 2.11. The Hall–Kier alpha value is -2.47. The number of para-hydroxylation sites is 1. The number of nitrogens with zero attached hydrogens (tertiary/aromatic N) is 2. The van der Waals surface area contributed by atoms with Crippen molar-refractivity contribution in [2.75, 3.05) is 5.32 Å². The Balaban J connectivity index is 2.37. The van der Waals surface area contributed by atoms with Crippen LogP contribution in [0, 0.1) is 24.0 Å². The van der Waals surface area contributed by atoms with Crippen LogP contribution in [0.15, 0.2) is 30.5 Å². The van der Waals surface area contributed by atoms with Crippen LogP contribution in [0.3, 0.4) is 0 Å². The van der Waals surface area contributed by atoms with E-state index in [1.165, 1.54) is 0 Å². The van der Waals surface area contributed by atoms with Crippen LogP contribution in [0.4, 0.5) is 11.4 Å². The molecular formula is C14H12ClN3O3. The van der Waals surface area contributed by atoms with Gasteiger partial charge in [-0.25, -0.2) is 4.98 Å². The average Bonchev–Trinajstić information content (AvgIpc) is 2.43. The van der Waals surface area contributed by atoms with Crippen LogP contribution in [0.2, 0.25) is 5.15 Å². The second-order valence-corrected chi connectivity index (χ2v) is 4.87. The number of carbonyl (C=O) groups is 1. The predicted octanol–water partition coefficient (Wildman–Crippen LogP) is 3.51. The third-order valence-corrected chi connectivity index (χ3v) is 3.30. The summed E-state index contributed by atoms with van der Waals surface area (Å²) in [4.78, 5) is 26.0. The maximum absolute atomic E-state index is 12.3. The number of benzene rings is 1. The fraction of sp³-hybridized carbons (Fsp3) is 0.143. The Morgan fingerprint density at radius 2 is 1.95 bits per heavy atom. The molecule has 0 aliphatic heterocycles. The monoisotopic (exact) mass is 305 g/mol. The van der Waals surface area contributed by atoms with Gasteiger partial charge in [-0.2, -0.15) is 0 Å². The van der Waals surface area contributed by atoms with Crippen molar-refractivity contribution in [2.45, 2.75) is 13.8 Å². The molecule has 0 radical (unpaired) electrons. The molecule has 0 bridgehead atoms. The first-order valence-corrected chi connectivity index (χ1v) is 6.45. The SMILES string of the molecule is Cc1cccc(C)c1NC(=O)c1cc([N+](=O)[O-])cnc1Cl. The molecule has 0 atom stereocenters. The van der Waals surface area contributed by atoms with Crippen molar-refractivity contribution < 1.29 is 9.72 Å². The summed E-state index contributed by atoms with van der Waals surface area (Å²) in [6.07, 6.45) is 1.01. The van der Waals surface area contributed by atoms with Gasteiger partial charge >= 0.3 is 0 Å². The van der Waals surface area contributed by atoms with E-state index in [-0.39, 0.29) is 16.4 Å². The number of hydrogen-bond acceptors (Lipinski definition) is 4. The third-order valence-electron chi connectivity index (χ3n) is 3.00. The van der Waals surface area contributed by atoms with Crippen LogP contribution < -0.4 is 5.32 Å². The first-order valence-electron chi connectivity index (χ1n) is 6.07. The molecule has 1 aromatic heterocycles. The van der Waals surface area contributed by atoms with Crippen molar-refractivity contribution >= 4 is 28.9 Å². The quantitative estimate of drug-likeness (QED) is 0.534. The number of nitro groups is 1. The predicted molar refractivity (Wildman–Crippen MR) is 79.8 cm³/mol. The number of rotatable bonds is 3. The summed E-state index contributed by atoms with van der Waals surface area (Å²) >= 11 is 5.85. The van der Waals surface area contributed by atoms with Crippen LogP contribution in [-0.4, -0.2) is 15.8 Å². The number of anilines is 1. The van der Waals surface area contributed by atoms with Gasteiger partial charge in [-0.1, -0.05) is 29.8 Å². The van der Waals surface area contributed by atoms with Gasteiger partial charge < -0.3 is 5.32 Å². The number of carbonyl (C=O) groups excluding carboxylic acids is 1. The first kappa shape index (κ1) is 14.9. The van der Waals surface area contributed by atoms with E-state index in [4.69, 9.17) is 11.6 Å². The highest BCUT2D eigenvalue weighted by molar-refractivity contribution is 6.33. The second kappa shape index (κ2) is 5.88. The third kappa shape index (κ3) is 3.17. The fourth-order valence-electron chi connectivity index (χ4n) is 1.89. The lowest BCUT2D eigenvalue weighted by Gasteiger charge is -2.11. The Kier molecular flexibility index (Phi) is 4.18. The van der Waals surface area contributed by atoms with Crippen molar-refractivity contribution in [1.82, 2.24) is 4.98 Å². The van der Waals surface area contributed by atoms with Crippen LogP contribution in [-0.2, 0) is 0 Å². The summed E-state index contributed by atoms with van der Waals surface area (Å²) in [6.45, 7) is 3.71. The smallest absolute Gasteiger partial charge is 0.288 e. The van der Waals surface area contributed by atoms with Crippen LogP contribution in [0.5, 0.6) is 0 Å². The molecular weight excluding hydrogens is 294 g/mol. The van der Waals surface area contributed by atoms with E-state index in [2.05, 4.69) is 10.3 Å². The molecule has 0 fully saturated rings. The summed E-state index contributed by atoms with van der Waals surface area (Å²) in [6, 6.07) is 6.70. The van der Waals surface area contributed by atoms with E-state index >= 15 is 0 Å². The Morgan fingerprint density at radius 1 is 1.33 bits per heavy atom. The Morgan fingerprint density at radius 3 is 2.52 bits per heavy atom. The van der Waals surface area contributed by atoms with Gasteiger partial charge in [0.15, 0.2) is 0 Å². The molecule has 2 rings (SSSR count). The van der Waals surface area contributed by atoms with Crippen LogP contribution in [0.1, 0.15) is 21.5 Å². The number of hydrogen-bond donors (Lipinski definition) is 1. The molecule has 21 heavy (non-hydrogen) atoms. The standard InChI is InChI=1S/C14H12ClN3O3/c1-8-4-3-5-9(2)12(8)17-14(19)11-6-10(18(20)21)7-16-13(11)15/h3-7H,1-2H3,(H,17,19). The minimum atomic E-state index is -0.626. The van der Waals surface area contributed by atoms with Gasteiger partial charge in [0.2, 0.25) is 0 Å². The number of halogens is 1. The van der Waals surface area contributed by atoms with Crippen molar-refractivity contribution in [3.63, 3.8) is 0 Å². The van der Waals surface area contributed by atoms with Gasteiger partial charge in [-0.3, -0.25) is 14.9 Å². The molecule has 0 unspecified atom stereocenters. The maximum Gasteiger partial charge on any atom is 0.288 e. The molecule has 108 valence electrons. The summed E-state index contributed by atoms with van der Waals surface area (Å²) < 4.78 is 0. The fourth-order valence-corrected chi connectivity index (χ4v) is 2.08. The summed E-state index contributed by atoms with van der Waals surface area (Å²) in [7, 11) is 0. The molecule has 1 heterocycles. The minimum absolute atomic E-state index is 0.0338. The molecule has 0 aliphatic carbocycles. The first-order chi connectivity index (χ1) is 9.90. The molecule has 0 saturated carbocycles. The van der Waals surface area contributed by atoms with E-state index in [0.29, 0.717) is 5.69 Å². The zero-order chi connectivity index (χ0) is 15.6. The van der Waals surface area contributed by atoms with E-state index in [1.54, 1.807) is 0 Å². The van der Waals surface area contributed by atoms with E-state index in [0.717, 1.165) is 23.4 Å². The maximum atomic E-state index is 12.3. The van der Waals surface area contributed by atoms with Crippen molar-refractivity contribution in [3.05, 3.63) is 62.4 Å². The highest BCUT2D eigenvalue weighted by Crippen LogP contribution is 2.23. The van der Waals surface area contributed by atoms with Gasteiger partial charge in [-0.15, -0.1) is 0 Å². The van der Waals surface area contributed by atoms with Crippen LogP contribution in [0.25, 0.3) is 0 Å². The number of aryl methyl sites for hydroxylation is 2. The Labute approximate surface area is 125 Å². The second-order valence-electron chi connectivity index (χ2n) is 4.51. The van der Waals surface area contributed by atoms with Gasteiger partial charge in [0.25, 0.3) is 11.6 Å². The normalized spacial score (nSPS) is 10.2. The minimum Gasteiger partial charge on any atom is -0.321 e. The average molecular weight is 306 g/mol. The zero-order valence-corrected chi connectivity index (χ0v) is 12.1. The van der Waals surface area contributed by atoms with E-state index < -0.39 is 10.8 Å².